The molecule has 1 fully saturated rings. The first-order chi connectivity index (χ1) is 9.93. The van der Waals surface area contributed by atoms with Gasteiger partial charge in [-0.3, -0.25) is 0 Å². The molecule has 0 saturated carbocycles. The second kappa shape index (κ2) is 6.96. The van der Waals surface area contributed by atoms with E-state index in [0.717, 1.165) is 6.61 Å². The summed E-state index contributed by atoms with van der Waals surface area (Å²) in [6.07, 6.45) is 3.66. The first-order valence-corrected chi connectivity index (χ1v) is 8.25. The lowest BCUT2D eigenvalue weighted by atomic mass is 10.0. The summed E-state index contributed by atoms with van der Waals surface area (Å²) < 4.78 is 5.91. The molecule has 0 amide bonds. The summed E-state index contributed by atoms with van der Waals surface area (Å²) >= 11 is 1.95. The summed E-state index contributed by atoms with van der Waals surface area (Å²) in [4.78, 5) is 0. The van der Waals surface area contributed by atoms with Gasteiger partial charge < -0.3 is 4.74 Å². The normalized spacial score (nSPS) is 19.1. The van der Waals surface area contributed by atoms with Gasteiger partial charge in [-0.05, 0) is 30.4 Å². The summed E-state index contributed by atoms with van der Waals surface area (Å²) in [5.41, 5.74) is 3.05. The Labute approximate surface area is 125 Å². The van der Waals surface area contributed by atoms with E-state index < -0.39 is 0 Å². The molecule has 1 aliphatic heterocycles. The molecule has 1 atom stereocenters. The molecule has 2 heteroatoms. The summed E-state index contributed by atoms with van der Waals surface area (Å²) in [5, 5.41) is 0.362. The molecule has 2 aromatic rings. The van der Waals surface area contributed by atoms with Gasteiger partial charge in [0.25, 0.3) is 0 Å². The van der Waals surface area contributed by atoms with Gasteiger partial charge in [0.15, 0.2) is 0 Å². The standard InChI is InChI=1S/C18H20OS/c1-3-9-15(10-4-1)18(16-11-5-2-6-12-16)20-17-13-7-8-14-19-17/h1-6,9-12,17-18H,7-8,13-14H2. The van der Waals surface area contributed by atoms with Crippen molar-refractivity contribution in [3.63, 3.8) is 0 Å². The zero-order chi connectivity index (χ0) is 13.6. The molecular formula is C18H20OS. The van der Waals surface area contributed by atoms with Crippen molar-refractivity contribution in [2.45, 2.75) is 29.9 Å². The topological polar surface area (TPSA) is 9.23 Å². The van der Waals surface area contributed by atoms with Crippen LogP contribution in [0.2, 0.25) is 0 Å². The van der Waals surface area contributed by atoms with Crippen LogP contribution in [0.3, 0.4) is 0 Å². The van der Waals surface area contributed by atoms with Gasteiger partial charge >= 0.3 is 0 Å². The molecule has 1 heterocycles. The number of thioether (sulfide) groups is 1. The summed E-state index contributed by atoms with van der Waals surface area (Å²) in [6, 6.07) is 21.5. The summed E-state index contributed by atoms with van der Waals surface area (Å²) in [6.45, 7) is 0.911. The maximum atomic E-state index is 5.91. The molecule has 1 saturated heterocycles. The molecule has 0 radical (unpaired) electrons. The predicted octanol–water partition coefficient (Wildman–Crippen LogP) is 5.04. The van der Waals surface area contributed by atoms with Gasteiger partial charge in [0.05, 0.1) is 5.25 Å². The minimum absolute atomic E-state index is 0.328. The van der Waals surface area contributed by atoms with Gasteiger partial charge in [-0.1, -0.05) is 60.7 Å². The number of ether oxygens (including phenoxy) is 1. The predicted molar refractivity (Wildman–Crippen MR) is 85.9 cm³/mol. The Morgan fingerprint density at radius 1 is 0.850 bits per heavy atom. The van der Waals surface area contributed by atoms with Crippen LogP contribution in [0.1, 0.15) is 35.6 Å². The average Bonchev–Trinajstić information content (AvgIpc) is 2.55. The summed E-state index contributed by atoms with van der Waals surface area (Å²) in [7, 11) is 0. The van der Waals surface area contributed by atoms with Crippen molar-refractivity contribution in [1.82, 2.24) is 0 Å². The third kappa shape index (κ3) is 3.44. The Morgan fingerprint density at radius 2 is 1.45 bits per heavy atom. The van der Waals surface area contributed by atoms with Crippen LogP contribution in [-0.2, 0) is 4.74 Å². The van der Waals surface area contributed by atoms with Crippen molar-refractivity contribution in [1.29, 1.82) is 0 Å². The molecule has 0 aromatic heterocycles. The zero-order valence-electron chi connectivity index (χ0n) is 11.6. The molecule has 20 heavy (non-hydrogen) atoms. The third-order valence-electron chi connectivity index (χ3n) is 3.63. The van der Waals surface area contributed by atoms with E-state index in [4.69, 9.17) is 4.74 Å². The number of rotatable bonds is 4. The second-order valence-electron chi connectivity index (χ2n) is 5.13. The van der Waals surface area contributed by atoms with Crippen LogP contribution in [0.25, 0.3) is 0 Å². The lowest BCUT2D eigenvalue weighted by Gasteiger charge is -2.27. The van der Waals surface area contributed by atoms with Crippen molar-refractivity contribution in [2.24, 2.45) is 0 Å². The smallest absolute Gasteiger partial charge is 0.104 e. The first-order valence-electron chi connectivity index (χ1n) is 7.30. The van der Waals surface area contributed by atoms with Gasteiger partial charge in [0.1, 0.15) is 5.44 Å². The van der Waals surface area contributed by atoms with Crippen molar-refractivity contribution in [2.75, 3.05) is 6.61 Å². The van der Waals surface area contributed by atoms with Gasteiger partial charge in [0, 0.05) is 6.61 Å². The Bertz CT molecular complexity index is 466. The average molecular weight is 284 g/mol. The quantitative estimate of drug-likeness (QED) is 0.778. The summed E-state index contributed by atoms with van der Waals surface area (Å²) in [5.74, 6) is 0. The molecule has 0 bridgehead atoms. The van der Waals surface area contributed by atoms with Crippen LogP contribution >= 0.6 is 11.8 Å². The minimum Gasteiger partial charge on any atom is -0.368 e. The fraction of sp³-hybridized carbons (Fsp3) is 0.333. The van der Waals surface area contributed by atoms with E-state index in [9.17, 15) is 0 Å². The van der Waals surface area contributed by atoms with Crippen LogP contribution < -0.4 is 0 Å². The van der Waals surface area contributed by atoms with Crippen LogP contribution in [0.4, 0.5) is 0 Å². The van der Waals surface area contributed by atoms with Gasteiger partial charge in [0.2, 0.25) is 0 Å². The number of benzene rings is 2. The molecule has 3 rings (SSSR count). The van der Waals surface area contributed by atoms with Gasteiger partial charge in [-0.15, -0.1) is 11.8 Å². The lowest BCUT2D eigenvalue weighted by molar-refractivity contribution is 0.0726. The number of hydrogen-bond acceptors (Lipinski definition) is 2. The van der Waals surface area contributed by atoms with Gasteiger partial charge in [-0.2, -0.15) is 0 Å². The molecule has 0 spiro atoms. The highest BCUT2D eigenvalue weighted by Crippen LogP contribution is 2.40. The molecule has 1 aliphatic rings. The molecule has 0 N–H and O–H groups in total. The fourth-order valence-electron chi connectivity index (χ4n) is 2.58. The SMILES string of the molecule is c1ccc(C(SC2CCCCO2)c2ccccc2)cc1. The molecule has 2 aromatic carbocycles. The highest BCUT2D eigenvalue weighted by molar-refractivity contribution is 8.00. The van der Waals surface area contributed by atoms with Crippen LogP contribution in [-0.4, -0.2) is 12.0 Å². The Morgan fingerprint density at radius 3 is 1.95 bits per heavy atom. The van der Waals surface area contributed by atoms with Crippen LogP contribution in [0.15, 0.2) is 60.7 Å². The largest absolute Gasteiger partial charge is 0.368 e. The van der Waals surface area contributed by atoms with Crippen LogP contribution in [0, 0.1) is 0 Å². The lowest BCUT2D eigenvalue weighted by Crippen LogP contribution is -2.17. The molecular weight excluding hydrogens is 264 g/mol. The minimum atomic E-state index is 0.328. The van der Waals surface area contributed by atoms with E-state index in [0.29, 0.717) is 10.7 Å². The van der Waals surface area contributed by atoms with E-state index in [1.54, 1.807) is 0 Å². The molecule has 0 aliphatic carbocycles. The zero-order valence-corrected chi connectivity index (χ0v) is 12.4. The van der Waals surface area contributed by atoms with E-state index in [1.165, 1.54) is 30.4 Å². The Kier molecular flexibility index (Phi) is 4.77. The van der Waals surface area contributed by atoms with Crippen molar-refractivity contribution >= 4 is 11.8 Å². The maximum absolute atomic E-state index is 5.91. The Hall–Kier alpha value is -1.25. The van der Waals surface area contributed by atoms with Crippen molar-refractivity contribution in [3.8, 4) is 0 Å². The monoisotopic (exact) mass is 284 g/mol. The van der Waals surface area contributed by atoms with Crippen molar-refractivity contribution < 1.29 is 4.74 Å². The number of hydrogen-bond donors (Lipinski definition) is 0. The third-order valence-corrected chi connectivity index (χ3v) is 5.12. The first kappa shape index (κ1) is 13.7. The van der Waals surface area contributed by atoms with E-state index in [-0.39, 0.29) is 0 Å². The second-order valence-corrected chi connectivity index (χ2v) is 6.40. The highest BCUT2D eigenvalue weighted by atomic mass is 32.2. The van der Waals surface area contributed by atoms with E-state index >= 15 is 0 Å². The Balaban J connectivity index is 1.83. The van der Waals surface area contributed by atoms with E-state index in [1.807, 2.05) is 11.8 Å². The highest BCUT2D eigenvalue weighted by Gasteiger charge is 2.22. The molecule has 1 unspecified atom stereocenters. The fourth-order valence-corrected chi connectivity index (χ4v) is 3.99. The van der Waals surface area contributed by atoms with Gasteiger partial charge in [-0.25, -0.2) is 0 Å². The maximum Gasteiger partial charge on any atom is 0.104 e. The van der Waals surface area contributed by atoms with Crippen molar-refractivity contribution in [3.05, 3.63) is 71.8 Å². The van der Waals surface area contributed by atoms with Crippen LogP contribution in [0.5, 0.6) is 0 Å². The molecule has 104 valence electrons. The molecule has 1 nitrogen and oxygen atoms in total. The van der Waals surface area contributed by atoms with E-state index in [2.05, 4.69) is 60.7 Å².